The van der Waals surface area contributed by atoms with Crippen LogP contribution < -0.4 is 10.6 Å². The van der Waals surface area contributed by atoms with Crippen molar-refractivity contribution in [3.05, 3.63) is 89.2 Å². The summed E-state index contributed by atoms with van der Waals surface area (Å²) in [6.45, 7) is 0.932. The fourth-order valence-corrected chi connectivity index (χ4v) is 2.64. The Morgan fingerprint density at radius 1 is 1.03 bits per heavy atom. The van der Waals surface area contributed by atoms with Crippen molar-refractivity contribution in [3.8, 4) is 0 Å². The van der Waals surface area contributed by atoms with Crippen LogP contribution in [0.1, 0.15) is 27.0 Å². The normalized spacial score (nSPS) is 10.2. The van der Waals surface area contributed by atoms with E-state index in [0.29, 0.717) is 24.2 Å². The Bertz CT molecular complexity index is 997. The first-order valence-electron chi connectivity index (χ1n) is 8.92. The maximum absolute atomic E-state index is 12.4. The van der Waals surface area contributed by atoms with Crippen LogP contribution in [0.25, 0.3) is 0 Å². The minimum absolute atomic E-state index is 0.0572. The summed E-state index contributed by atoms with van der Waals surface area (Å²) in [5.74, 6) is -0.272. The molecule has 2 aromatic carbocycles. The fraction of sp³-hybridized carbons (Fsp3) is 0.143. The van der Waals surface area contributed by atoms with Gasteiger partial charge in [0.15, 0.2) is 0 Å². The van der Waals surface area contributed by atoms with Gasteiger partial charge in [-0.15, -0.1) is 0 Å². The molecule has 0 radical (unpaired) electrons. The molecule has 8 nitrogen and oxygen atoms in total. The molecule has 3 aromatic rings. The molecule has 29 heavy (non-hydrogen) atoms. The van der Waals surface area contributed by atoms with Crippen LogP contribution in [-0.4, -0.2) is 34.7 Å². The third-order valence-electron chi connectivity index (χ3n) is 4.19. The van der Waals surface area contributed by atoms with Crippen LogP contribution in [0.5, 0.6) is 0 Å². The average molecular weight is 391 g/mol. The second-order valence-electron chi connectivity index (χ2n) is 6.28. The van der Waals surface area contributed by atoms with Gasteiger partial charge in [-0.2, -0.15) is 5.10 Å². The molecule has 0 atom stereocenters. The summed E-state index contributed by atoms with van der Waals surface area (Å²) in [5.41, 5.74) is 2.99. The van der Waals surface area contributed by atoms with E-state index in [9.17, 15) is 9.59 Å². The summed E-state index contributed by atoms with van der Waals surface area (Å²) < 4.78 is 6.18. The SMILES string of the molecule is COC(=O)NC(=N)c1ccc(CNC(=O)c2cnn(Cc3ccccc3)c2)cc1. The van der Waals surface area contributed by atoms with E-state index in [1.807, 2.05) is 30.3 Å². The number of amidine groups is 1. The number of benzene rings is 2. The summed E-state index contributed by atoms with van der Waals surface area (Å²) in [4.78, 5) is 23.5. The summed E-state index contributed by atoms with van der Waals surface area (Å²) in [7, 11) is 1.24. The van der Waals surface area contributed by atoms with Crippen molar-refractivity contribution in [1.82, 2.24) is 20.4 Å². The van der Waals surface area contributed by atoms with Gasteiger partial charge in [-0.05, 0) is 11.1 Å². The highest BCUT2D eigenvalue weighted by Gasteiger charge is 2.10. The minimum Gasteiger partial charge on any atom is -0.453 e. The van der Waals surface area contributed by atoms with Gasteiger partial charge in [-0.3, -0.25) is 20.2 Å². The number of rotatable bonds is 6. The zero-order valence-corrected chi connectivity index (χ0v) is 15.9. The van der Waals surface area contributed by atoms with Gasteiger partial charge < -0.3 is 10.1 Å². The topological polar surface area (TPSA) is 109 Å². The standard InChI is InChI=1S/C21H21N5O3/c1-29-21(28)25-19(22)17-9-7-15(8-10-17)11-23-20(27)18-12-24-26(14-18)13-16-5-3-2-4-6-16/h2-10,12,14H,11,13H2,1H3,(H,23,27)(H2,22,25,28). The lowest BCUT2D eigenvalue weighted by Crippen LogP contribution is -2.30. The van der Waals surface area contributed by atoms with E-state index >= 15 is 0 Å². The minimum atomic E-state index is -0.695. The van der Waals surface area contributed by atoms with Crippen LogP contribution >= 0.6 is 0 Å². The number of nitrogens with zero attached hydrogens (tertiary/aromatic N) is 2. The van der Waals surface area contributed by atoms with Gasteiger partial charge >= 0.3 is 6.09 Å². The maximum atomic E-state index is 12.4. The Labute approximate surface area is 168 Å². The molecule has 0 bridgehead atoms. The van der Waals surface area contributed by atoms with E-state index in [1.165, 1.54) is 7.11 Å². The van der Waals surface area contributed by atoms with Gasteiger partial charge in [0, 0.05) is 18.3 Å². The number of ether oxygens (including phenoxy) is 1. The molecule has 1 heterocycles. The first-order valence-corrected chi connectivity index (χ1v) is 8.92. The zero-order valence-electron chi connectivity index (χ0n) is 15.9. The third-order valence-corrected chi connectivity index (χ3v) is 4.19. The Kier molecular flexibility index (Phi) is 6.36. The molecule has 1 aromatic heterocycles. The molecule has 0 fully saturated rings. The summed E-state index contributed by atoms with van der Waals surface area (Å²) in [6.07, 6.45) is 2.56. The third kappa shape index (κ3) is 5.52. The Morgan fingerprint density at radius 2 is 1.76 bits per heavy atom. The number of carbonyl (C=O) groups is 2. The molecule has 0 saturated heterocycles. The largest absolute Gasteiger partial charge is 0.453 e. The molecule has 0 saturated carbocycles. The van der Waals surface area contributed by atoms with E-state index in [4.69, 9.17) is 5.41 Å². The summed E-state index contributed by atoms with van der Waals surface area (Å²) in [6, 6.07) is 16.8. The molecule has 0 aliphatic heterocycles. The first-order chi connectivity index (χ1) is 14.0. The van der Waals surface area contributed by atoms with Gasteiger partial charge in [-0.25, -0.2) is 4.79 Å². The van der Waals surface area contributed by atoms with Crippen molar-refractivity contribution >= 4 is 17.8 Å². The highest BCUT2D eigenvalue weighted by Crippen LogP contribution is 2.07. The molecule has 0 aliphatic rings. The smallest absolute Gasteiger partial charge is 0.412 e. The fourth-order valence-electron chi connectivity index (χ4n) is 2.64. The summed E-state index contributed by atoms with van der Waals surface area (Å²) in [5, 5.41) is 17.2. The van der Waals surface area contributed by atoms with Crippen LogP contribution in [0.15, 0.2) is 67.0 Å². The van der Waals surface area contributed by atoms with Gasteiger partial charge in [0.05, 0.1) is 25.4 Å². The lowest BCUT2D eigenvalue weighted by molar-refractivity contribution is 0.0950. The van der Waals surface area contributed by atoms with Gasteiger partial charge in [-0.1, -0.05) is 54.6 Å². The number of hydrogen-bond acceptors (Lipinski definition) is 5. The lowest BCUT2D eigenvalue weighted by Gasteiger charge is -2.07. The van der Waals surface area contributed by atoms with Crippen LogP contribution in [-0.2, 0) is 17.8 Å². The molecule has 2 amide bonds. The lowest BCUT2D eigenvalue weighted by atomic mass is 10.1. The second-order valence-corrected chi connectivity index (χ2v) is 6.28. The van der Waals surface area contributed by atoms with E-state index in [1.54, 1.807) is 41.3 Å². The summed E-state index contributed by atoms with van der Waals surface area (Å²) >= 11 is 0. The maximum Gasteiger partial charge on any atom is 0.412 e. The number of amides is 2. The average Bonchev–Trinajstić information content (AvgIpc) is 3.21. The molecular weight excluding hydrogens is 370 g/mol. The van der Waals surface area contributed by atoms with Gasteiger partial charge in [0.25, 0.3) is 5.91 Å². The van der Waals surface area contributed by atoms with Crippen LogP contribution in [0.2, 0.25) is 0 Å². The van der Waals surface area contributed by atoms with E-state index < -0.39 is 6.09 Å². The predicted molar refractivity (Wildman–Crippen MR) is 108 cm³/mol. The predicted octanol–water partition coefficient (Wildman–Crippen LogP) is 2.54. The van der Waals surface area contributed by atoms with E-state index in [-0.39, 0.29) is 11.7 Å². The van der Waals surface area contributed by atoms with Crippen molar-refractivity contribution in [2.45, 2.75) is 13.1 Å². The Hall–Kier alpha value is -3.94. The molecule has 3 rings (SSSR count). The van der Waals surface area contributed by atoms with Gasteiger partial charge in [0.2, 0.25) is 0 Å². The molecule has 0 spiro atoms. The number of hydrogen-bond donors (Lipinski definition) is 3. The number of aromatic nitrogens is 2. The molecule has 0 unspecified atom stereocenters. The van der Waals surface area contributed by atoms with Crippen molar-refractivity contribution < 1.29 is 14.3 Å². The van der Waals surface area contributed by atoms with Crippen molar-refractivity contribution in [3.63, 3.8) is 0 Å². The molecule has 3 N–H and O–H groups in total. The van der Waals surface area contributed by atoms with Crippen molar-refractivity contribution in [1.29, 1.82) is 5.41 Å². The highest BCUT2D eigenvalue weighted by atomic mass is 16.5. The first kappa shape index (κ1) is 19.8. The number of nitrogens with one attached hydrogen (secondary N) is 3. The van der Waals surface area contributed by atoms with E-state index in [0.717, 1.165) is 11.1 Å². The molecular formula is C21H21N5O3. The Morgan fingerprint density at radius 3 is 2.45 bits per heavy atom. The van der Waals surface area contributed by atoms with Crippen molar-refractivity contribution in [2.75, 3.05) is 7.11 Å². The van der Waals surface area contributed by atoms with Crippen LogP contribution in [0.3, 0.4) is 0 Å². The highest BCUT2D eigenvalue weighted by molar-refractivity contribution is 6.04. The zero-order chi connectivity index (χ0) is 20.6. The molecule has 8 heteroatoms. The van der Waals surface area contributed by atoms with Crippen LogP contribution in [0, 0.1) is 5.41 Å². The Balaban J connectivity index is 1.53. The van der Waals surface area contributed by atoms with Crippen LogP contribution in [0.4, 0.5) is 4.79 Å². The quantitative estimate of drug-likeness (QED) is 0.443. The monoisotopic (exact) mass is 391 g/mol. The number of carbonyl (C=O) groups excluding carboxylic acids is 2. The number of alkyl carbamates (subject to hydrolysis) is 1. The molecule has 0 aliphatic carbocycles. The number of methoxy groups -OCH3 is 1. The van der Waals surface area contributed by atoms with Gasteiger partial charge in [0.1, 0.15) is 5.84 Å². The van der Waals surface area contributed by atoms with Crippen molar-refractivity contribution in [2.24, 2.45) is 0 Å². The van der Waals surface area contributed by atoms with E-state index in [2.05, 4.69) is 20.5 Å². The second kappa shape index (κ2) is 9.32. The molecule has 148 valence electrons.